The van der Waals surface area contributed by atoms with Crippen molar-refractivity contribution >= 4 is 22.4 Å². The SMILES string of the molecule is NC(=O)c1csc(N2CCN(Cc3ccoc3)C[C@H](O)C2)n1. The highest BCUT2D eigenvalue weighted by atomic mass is 32.1. The Morgan fingerprint density at radius 2 is 2.36 bits per heavy atom. The molecule has 3 heterocycles. The fourth-order valence-corrected chi connectivity index (χ4v) is 3.39. The molecule has 3 N–H and O–H groups in total. The third kappa shape index (κ3) is 3.46. The number of furan rings is 1. The lowest BCUT2D eigenvalue weighted by Gasteiger charge is -2.20. The first-order chi connectivity index (χ1) is 10.6. The lowest BCUT2D eigenvalue weighted by Crippen LogP contribution is -2.33. The van der Waals surface area contributed by atoms with Crippen LogP contribution in [0.4, 0.5) is 5.13 Å². The van der Waals surface area contributed by atoms with Crippen LogP contribution < -0.4 is 10.6 Å². The number of primary amides is 1. The molecule has 1 fully saturated rings. The Bertz CT molecular complexity index is 628. The van der Waals surface area contributed by atoms with E-state index >= 15 is 0 Å². The number of nitrogens with two attached hydrogens (primary N) is 1. The van der Waals surface area contributed by atoms with Gasteiger partial charge in [-0.15, -0.1) is 11.3 Å². The van der Waals surface area contributed by atoms with Gasteiger partial charge in [-0.05, 0) is 6.07 Å². The molecule has 0 bridgehead atoms. The number of β-amino-alcohol motifs (C(OH)–C–C–N with tert-alkyl or cyclic N) is 1. The van der Waals surface area contributed by atoms with Crippen LogP contribution in [0.5, 0.6) is 0 Å². The second kappa shape index (κ2) is 6.47. The molecule has 0 aromatic carbocycles. The molecule has 3 rings (SSSR count). The predicted molar refractivity (Wildman–Crippen MR) is 82.8 cm³/mol. The average Bonchev–Trinajstić information content (AvgIpc) is 3.11. The third-order valence-electron chi connectivity index (χ3n) is 3.59. The number of amides is 1. The number of nitrogens with zero attached hydrogens (tertiary/aromatic N) is 3. The van der Waals surface area contributed by atoms with Gasteiger partial charge < -0.3 is 20.2 Å². The van der Waals surface area contributed by atoms with Crippen LogP contribution in [-0.4, -0.2) is 53.2 Å². The van der Waals surface area contributed by atoms with Crippen molar-refractivity contribution in [3.63, 3.8) is 0 Å². The van der Waals surface area contributed by atoms with Crippen molar-refractivity contribution in [3.05, 3.63) is 35.2 Å². The van der Waals surface area contributed by atoms with Gasteiger partial charge in [-0.1, -0.05) is 0 Å². The Kier molecular flexibility index (Phi) is 4.41. The van der Waals surface area contributed by atoms with Gasteiger partial charge in [-0.2, -0.15) is 0 Å². The maximum absolute atomic E-state index is 11.1. The lowest BCUT2D eigenvalue weighted by molar-refractivity contribution is 0.0996. The fraction of sp³-hybridized carbons (Fsp3) is 0.429. The van der Waals surface area contributed by atoms with E-state index in [0.29, 0.717) is 13.1 Å². The molecule has 1 aliphatic rings. The first-order valence-electron chi connectivity index (χ1n) is 7.03. The summed E-state index contributed by atoms with van der Waals surface area (Å²) >= 11 is 1.37. The number of aromatic nitrogens is 1. The van der Waals surface area contributed by atoms with Crippen LogP contribution in [0.25, 0.3) is 0 Å². The number of thiazole rings is 1. The Hall–Kier alpha value is -1.90. The summed E-state index contributed by atoms with van der Waals surface area (Å²) in [5.41, 5.74) is 6.59. The van der Waals surface area contributed by atoms with Gasteiger partial charge in [0.25, 0.3) is 5.91 Å². The van der Waals surface area contributed by atoms with Gasteiger partial charge in [-0.3, -0.25) is 9.69 Å². The second-order valence-corrected chi connectivity index (χ2v) is 6.18. The molecular weight excluding hydrogens is 304 g/mol. The Morgan fingerprint density at radius 1 is 1.50 bits per heavy atom. The van der Waals surface area contributed by atoms with Crippen molar-refractivity contribution in [1.82, 2.24) is 9.88 Å². The molecule has 22 heavy (non-hydrogen) atoms. The van der Waals surface area contributed by atoms with E-state index in [1.54, 1.807) is 17.9 Å². The first-order valence-corrected chi connectivity index (χ1v) is 7.91. The van der Waals surface area contributed by atoms with E-state index in [1.165, 1.54) is 11.3 Å². The summed E-state index contributed by atoms with van der Waals surface area (Å²) in [5.74, 6) is -0.528. The minimum atomic E-state index is -0.528. The van der Waals surface area contributed by atoms with E-state index in [-0.39, 0.29) is 5.69 Å². The summed E-state index contributed by atoms with van der Waals surface area (Å²) in [6, 6.07) is 1.93. The largest absolute Gasteiger partial charge is 0.472 e. The van der Waals surface area contributed by atoms with E-state index in [1.807, 2.05) is 11.0 Å². The van der Waals surface area contributed by atoms with Crippen molar-refractivity contribution in [2.75, 3.05) is 31.1 Å². The normalized spacial score (nSPS) is 20.0. The quantitative estimate of drug-likeness (QED) is 0.852. The number of hydrogen-bond donors (Lipinski definition) is 2. The van der Waals surface area contributed by atoms with Crippen molar-refractivity contribution in [3.8, 4) is 0 Å². The Morgan fingerprint density at radius 3 is 3.05 bits per heavy atom. The monoisotopic (exact) mass is 322 g/mol. The van der Waals surface area contributed by atoms with Gasteiger partial charge in [-0.25, -0.2) is 4.98 Å². The summed E-state index contributed by atoms with van der Waals surface area (Å²) in [6.45, 7) is 3.36. The molecule has 0 unspecified atom stereocenters. The molecule has 1 atom stereocenters. The van der Waals surface area contributed by atoms with Crippen LogP contribution in [-0.2, 0) is 6.54 Å². The summed E-state index contributed by atoms with van der Waals surface area (Å²) < 4.78 is 5.08. The Balaban J connectivity index is 1.66. The lowest BCUT2D eigenvalue weighted by atomic mass is 10.3. The van der Waals surface area contributed by atoms with Gasteiger partial charge >= 0.3 is 0 Å². The predicted octanol–water partition coefficient (Wildman–Crippen LogP) is 0.518. The highest BCUT2D eigenvalue weighted by Crippen LogP contribution is 2.22. The molecule has 2 aromatic rings. The number of hydrogen-bond acceptors (Lipinski definition) is 7. The number of rotatable bonds is 4. The van der Waals surface area contributed by atoms with Crippen LogP contribution in [0, 0.1) is 0 Å². The number of anilines is 1. The van der Waals surface area contributed by atoms with Crippen LogP contribution in [0.3, 0.4) is 0 Å². The zero-order valence-corrected chi connectivity index (χ0v) is 12.8. The highest BCUT2D eigenvalue weighted by molar-refractivity contribution is 7.13. The van der Waals surface area contributed by atoms with Crippen molar-refractivity contribution < 1.29 is 14.3 Å². The summed E-state index contributed by atoms with van der Waals surface area (Å²) in [5, 5.41) is 12.6. The van der Waals surface area contributed by atoms with Gasteiger partial charge in [0.15, 0.2) is 5.13 Å². The molecule has 7 nitrogen and oxygen atoms in total. The Labute approximate surface area is 132 Å². The van der Waals surface area contributed by atoms with Crippen LogP contribution in [0.15, 0.2) is 28.4 Å². The zero-order valence-electron chi connectivity index (χ0n) is 12.0. The van der Waals surface area contributed by atoms with Gasteiger partial charge in [0.2, 0.25) is 0 Å². The number of carbonyl (C=O) groups excluding carboxylic acids is 1. The fourth-order valence-electron chi connectivity index (χ4n) is 2.54. The molecule has 0 aliphatic carbocycles. The molecule has 0 spiro atoms. The molecule has 0 saturated carbocycles. The number of aliphatic hydroxyl groups excluding tert-OH is 1. The van der Waals surface area contributed by atoms with Gasteiger partial charge in [0.05, 0.1) is 18.6 Å². The molecule has 2 aromatic heterocycles. The summed E-state index contributed by atoms with van der Waals surface area (Å²) in [6.07, 6.45) is 2.89. The standard InChI is InChI=1S/C14H18N4O3S/c15-13(20)12-9-22-14(16-12)18-3-2-17(6-11(19)7-18)5-10-1-4-21-8-10/h1,4,8-9,11,19H,2-3,5-7H2,(H2,15,20)/t11-/m0/s1. The highest BCUT2D eigenvalue weighted by Gasteiger charge is 2.23. The van der Waals surface area contributed by atoms with Gasteiger partial charge in [0, 0.05) is 43.7 Å². The minimum absolute atomic E-state index is 0.272. The smallest absolute Gasteiger partial charge is 0.268 e. The van der Waals surface area contributed by atoms with Crippen molar-refractivity contribution in [1.29, 1.82) is 0 Å². The zero-order chi connectivity index (χ0) is 15.5. The topological polar surface area (TPSA) is 95.8 Å². The summed E-state index contributed by atoms with van der Waals surface area (Å²) in [4.78, 5) is 19.6. The van der Waals surface area contributed by atoms with Crippen LogP contribution in [0.2, 0.25) is 0 Å². The van der Waals surface area contributed by atoms with E-state index < -0.39 is 12.0 Å². The molecule has 1 saturated heterocycles. The first kappa shape index (κ1) is 15.0. The van der Waals surface area contributed by atoms with E-state index in [0.717, 1.165) is 30.3 Å². The number of carbonyl (C=O) groups is 1. The molecule has 118 valence electrons. The molecule has 1 amide bonds. The maximum Gasteiger partial charge on any atom is 0.268 e. The molecule has 0 radical (unpaired) electrons. The molecular formula is C14H18N4O3S. The van der Waals surface area contributed by atoms with Crippen LogP contribution >= 0.6 is 11.3 Å². The van der Waals surface area contributed by atoms with Crippen molar-refractivity contribution in [2.45, 2.75) is 12.6 Å². The molecule has 1 aliphatic heterocycles. The second-order valence-electron chi connectivity index (χ2n) is 5.35. The van der Waals surface area contributed by atoms with Crippen LogP contribution in [0.1, 0.15) is 16.1 Å². The average molecular weight is 322 g/mol. The van der Waals surface area contributed by atoms with E-state index in [4.69, 9.17) is 10.2 Å². The van der Waals surface area contributed by atoms with E-state index in [9.17, 15) is 9.90 Å². The third-order valence-corrected chi connectivity index (χ3v) is 4.49. The van der Waals surface area contributed by atoms with E-state index in [2.05, 4.69) is 9.88 Å². The number of aliphatic hydroxyl groups is 1. The molecule has 8 heteroatoms. The van der Waals surface area contributed by atoms with Crippen molar-refractivity contribution in [2.24, 2.45) is 5.73 Å². The maximum atomic E-state index is 11.1. The minimum Gasteiger partial charge on any atom is -0.472 e. The summed E-state index contributed by atoms with van der Waals surface area (Å²) in [7, 11) is 0. The van der Waals surface area contributed by atoms with Gasteiger partial charge in [0.1, 0.15) is 5.69 Å².